The van der Waals surface area contributed by atoms with Crippen LogP contribution in [-0.4, -0.2) is 29.9 Å². The lowest BCUT2D eigenvalue weighted by atomic mass is 9.41. The van der Waals surface area contributed by atoms with Crippen molar-refractivity contribution in [3.8, 4) is 158 Å². The summed E-state index contributed by atoms with van der Waals surface area (Å²) < 4.78 is 6.63. The molecule has 636 valence electrons. The molecule has 19 aromatic rings. The van der Waals surface area contributed by atoms with Crippen LogP contribution in [0.25, 0.3) is 168 Å². The summed E-state index contributed by atoms with van der Waals surface area (Å²) in [5.41, 5.74) is 32.5. The van der Waals surface area contributed by atoms with Crippen molar-refractivity contribution in [1.82, 2.24) is 29.9 Å². The number of nitrogens with zero attached hydrogens (tertiary/aromatic N) is 8. The summed E-state index contributed by atoms with van der Waals surface area (Å²) in [5.74, 6) is 7.00. The molecule has 3 heterocycles. The van der Waals surface area contributed by atoms with E-state index in [9.17, 15) is 10.5 Å². The molecule has 0 N–H and O–H groups in total. The molecule has 9 heteroatoms. The lowest BCUT2D eigenvalue weighted by molar-refractivity contribution is -0.0282. The van der Waals surface area contributed by atoms with E-state index in [4.69, 9.17) is 34.3 Å². The fourth-order valence-corrected chi connectivity index (χ4v) is 24.8. The van der Waals surface area contributed by atoms with Crippen LogP contribution in [0.1, 0.15) is 110 Å². The van der Waals surface area contributed by atoms with Gasteiger partial charge in [-0.3, -0.25) is 0 Å². The van der Waals surface area contributed by atoms with E-state index >= 15 is 0 Å². The number of hydrogen-bond acceptors (Lipinski definition) is 9. The van der Waals surface area contributed by atoms with E-state index in [1.807, 2.05) is 170 Å². The molecule has 27 rings (SSSR count). The lowest BCUT2D eigenvalue weighted by Gasteiger charge is -2.63. The summed E-state index contributed by atoms with van der Waals surface area (Å²) in [7, 11) is 0. The number of benzene rings is 16. The molecule has 8 aliphatic carbocycles. The Morgan fingerprint density at radius 1 is 0.203 bits per heavy atom. The Morgan fingerprint density at radius 2 is 0.391 bits per heavy atom. The molecule has 8 fully saturated rings. The van der Waals surface area contributed by atoms with Crippen molar-refractivity contribution in [2.45, 2.75) is 98.7 Å². The van der Waals surface area contributed by atoms with Gasteiger partial charge in [0, 0.05) is 44.2 Å². The average Bonchev–Trinajstić information content (AvgIpc) is 0.850. The molecule has 133 heavy (non-hydrogen) atoms. The van der Waals surface area contributed by atoms with Crippen molar-refractivity contribution in [2.75, 3.05) is 0 Å². The van der Waals surface area contributed by atoms with Crippen molar-refractivity contribution in [3.05, 3.63) is 434 Å². The minimum Gasteiger partial charge on any atom is -0.456 e. The summed E-state index contributed by atoms with van der Waals surface area (Å²) in [5, 5.41) is 20.5. The van der Waals surface area contributed by atoms with Crippen LogP contribution < -0.4 is 0 Å². The van der Waals surface area contributed by atoms with Crippen LogP contribution in [0.4, 0.5) is 0 Å². The molecule has 3 aromatic heterocycles. The Labute approximate surface area is 776 Å². The zero-order chi connectivity index (χ0) is 88.6. The molecule has 16 aromatic carbocycles. The molecule has 0 aliphatic heterocycles. The third-order valence-electron chi connectivity index (χ3n) is 30.4. The van der Waals surface area contributed by atoms with E-state index in [0.717, 1.165) is 112 Å². The van der Waals surface area contributed by atoms with E-state index in [2.05, 4.69) is 243 Å². The Morgan fingerprint density at radius 3 is 0.639 bits per heavy atom. The lowest BCUT2D eigenvalue weighted by Crippen LogP contribution is -2.55. The molecule has 0 spiro atoms. The molecule has 9 nitrogen and oxygen atoms in total. The zero-order valence-electron chi connectivity index (χ0n) is 73.9. The van der Waals surface area contributed by atoms with Crippen LogP contribution in [0.5, 0.6) is 0 Å². The monoisotopic (exact) mass is 1710 g/mol. The molecule has 0 radical (unpaired) electrons. The maximum absolute atomic E-state index is 9.19. The van der Waals surface area contributed by atoms with Gasteiger partial charge < -0.3 is 4.42 Å². The summed E-state index contributed by atoms with van der Waals surface area (Å²) in [4.78, 5) is 29.5. The topological polar surface area (TPSA) is 138 Å². The van der Waals surface area contributed by atoms with Gasteiger partial charge in [0.15, 0.2) is 34.9 Å². The molecule has 8 saturated carbocycles. The molecule has 0 saturated heterocycles. The molecule has 8 bridgehead atoms. The van der Waals surface area contributed by atoms with Gasteiger partial charge in [0.1, 0.15) is 11.2 Å². The number of aromatic nitrogens is 6. The summed E-state index contributed by atoms with van der Waals surface area (Å²) in [6.45, 7) is 0. The predicted molar refractivity (Wildman–Crippen MR) is 536 cm³/mol. The van der Waals surface area contributed by atoms with Gasteiger partial charge in [0.25, 0.3) is 0 Å². The summed E-state index contributed by atoms with van der Waals surface area (Å²) in [6.07, 6.45) is 15.7. The third-order valence-corrected chi connectivity index (χ3v) is 30.4. The van der Waals surface area contributed by atoms with Crippen LogP contribution in [-0.2, 0) is 21.7 Å². The average molecular weight is 1710 g/mol. The number of nitriles is 2. The van der Waals surface area contributed by atoms with E-state index in [0.29, 0.717) is 46.1 Å². The summed E-state index contributed by atoms with van der Waals surface area (Å²) in [6, 6.07) is 147. The first-order valence-electron chi connectivity index (χ1n) is 47.0. The summed E-state index contributed by atoms with van der Waals surface area (Å²) >= 11 is 0. The smallest absolute Gasteiger partial charge is 0.164 e. The quantitative estimate of drug-likeness (QED) is 0.0872. The highest BCUT2D eigenvalue weighted by Gasteiger charge is 2.60. The second kappa shape index (κ2) is 33.4. The van der Waals surface area contributed by atoms with Gasteiger partial charge in [0.2, 0.25) is 0 Å². The molecule has 4 unspecified atom stereocenters. The van der Waals surface area contributed by atoms with Crippen molar-refractivity contribution in [1.29, 1.82) is 10.5 Å². The van der Waals surface area contributed by atoms with Crippen LogP contribution in [0, 0.1) is 46.3 Å². The van der Waals surface area contributed by atoms with Gasteiger partial charge in [-0.25, -0.2) is 29.9 Å². The van der Waals surface area contributed by atoms with Crippen LogP contribution in [0.2, 0.25) is 0 Å². The molecule has 4 atom stereocenters. The van der Waals surface area contributed by atoms with E-state index in [1.165, 1.54) is 144 Å². The number of fused-ring (bicyclic) bond motifs is 3. The standard InChI is InChI=1S/C62H46N4O.C62H48N4/c63-38-40-11-13-43(14-12-40)44-15-17-45(18-16-44)46-19-25-52(26-20-46)61-34-41-31-42(35-61)37-62(36-41,39-61)53-27-21-47(22-28-53)50-23-29-54-55-30-24-51(33-57(55)67-56(54)32-50)60-65-58(48-7-3-1-4-8-48)64-59(66-60)49-9-5-2-6-10-49;63-40-42-11-13-45(14-12-42)46-15-19-48(20-16-46)51-27-31-56(32-28-51)61-36-43-35-44(37-61)39-62(38-43,41-61)57-33-29-52(30-34-57)49-21-17-47(18-22-49)50-23-25-55(26-24-50)60-65-58(53-7-3-1-4-8-53)64-59(66-60)54-9-5-2-6-10-54/h1-30,32-33,41-42H,31,34-37,39H2;1-34,43-44H,35-39,41H2. The van der Waals surface area contributed by atoms with Gasteiger partial charge >= 0.3 is 0 Å². The van der Waals surface area contributed by atoms with Crippen molar-refractivity contribution in [3.63, 3.8) is 0 Å². The highest BCUT2D eigenvalue weighted by Crippen LogP contribution is 2.68. The fraction of sp³-hybridized carbons (Fsp3) is 0.161. The molecular formula is C124H94N8O. The Bertz CT molecular complexity index is 7500. The minimum atomic E-state index is 0.213. The van der Waals surface area contributed by atoms with Crippen molar-refractivity contribution >= 4 is 21.9 Å². The zero-order valence-corrected chi connectivity index (χ0v) is 73.9. The van der Waals surface area contributed by atoms with Crippen LogP contribution in [0.15, 0.2) is 405 Å². The Balaban J connectivity index is 0.000000146. The SMILES string of the molecule is N#Cc1ccc(-c2ccc(-c3ccc(C45CC6CC(C4)CC(c4ccc(-c7ccc(-c8ccc(-c9nc(-c%10ccccc%10)nc(-c%10ccccc%10)n9)cc8)cc7)cc4)(C6)C5)cc3)cc2)cc1.N#Cc1ccc(-c2ccc(-c3ccc(C45CC6CC(C4)CC(c4ccc(-c7ccc8c(c7)oc7cc(-c9nc(-c%10ccccc%10)nc(-c%10ccccc%10)n9)ccc78)cc4)(C6)C5)cc3)cc2)cc1. The Hall–Kier alpha value is -15.7. The van der Waals surface area contributed by atoms with Gasteiger partial charge in [-0.05, 0) is 271 Å². The van der Waals surface area contributed by atoms with Gasteiger partial charge in [-0.1, -0.05) is 352 Å². The van der Waals surface area contributed by atoms with Gasteiger partial charge in [-0.15, -0.1) is 0 Å². The fourth-order valence-electron chi connectivity index (χ4n) is 24.8. The first-order valence-corrected chi connectivity index (χ1v) is 47.0. The van der Waals surface area contributed by atoms with E-state index in [1.54, 1.807) is 0 Å². The first-order chi connectivity index (χ1) is 65.4. The number of hydrogen-bond donors (Lipinski definition) is 0. The number of rotatable bonds is 17. The normalized spacial score (nSPS) is 20.5. The maximum Gasteiger partial charge on any atom is 0.164 e. The third kappa shape index (κ3) is 15.4. The molecule has 8 aliphatic rings. The second-order valence-electron chi connectivity index (χ2n) is 38.6. The van der Waals surface area contributed by atoms with Gasteiger partial charge in [-0.2, -0.15) is 10.5 Å². The second-order valence-corrected chi connectivity index (χ2v) is 38.6. The van der Waals surface area contributed by atoms with Crippen LogP contribution in [0.3, 0.4) is 0 Å². The Kier molecular flexibility index (Phi) is 20.2. The number of furan rings is 1. The first kappa shape index (κ1) is 80.6. The molecular weight excluding hydrogens is 1620 g/mol. The van der Waals surface area contributed by atoms with E-state index in [-0.39, 0.29) is 21.7 Å². The highest BCUT2D eigenvalue weighted by atomic mass is 16.3. The predicted octanol–water partition coefficient (Wildman–Crippen LogP) is 30.6. The minimum absolute atomic E-state index is 0.213. The maximum atomic E-state index is 9.19. The largest absolute Gasteiger partial charge is 0.456 e. The molecule has 0 amide bonds. The van der Waals surface area contributed by atoms with E-state index < -0.39 is 0 Å². The van der Waals surface area contributed by atoms with Crippen molar-refractivity contribution in [2.24, 2.45) is 23.7 Å². The highest BCUT2D eigenvalue weighted by molar-refractivity contribution is 6.07. The van der Waals surface area contributed by atoms with Crippen molar-refractivity contribution < 1.29 is 4.42 Å². The van der Waals surface area contributed by atoms with Crippen LogP contribution >= 0.6 is 0 Å². The van der Waals surface area contributed by atoms with Gasteiger partial charge in [0.05, 0.1) is 23.3 Å².